The van der Waals surface area contributed by atoms with Crippen molar-refractivity contribution in [2.75, 3.05) is 11.9 Å². The predicted molar refractivity (Wildman–Crippen MR) is 92.6 cm³/mol. The molecule has 1 atom stereocenters. The molecule has 2 rings (SSSR count). The highest BCUT2D eigenvalue weighted by Gasteiger charge is 2.23. The van der Waals surface area contributed by atoms with Crippen LogP contribution in [0.5, 0.6) is 0 Å². The predicted octanol–water partition coefficient (Wildman–Crippen LogP) is 1.73. The van der Waals surface area contributed by atoms with E-state index in [2.05, 4.69) is 5.32 Å². The lowest BCUT2D eigenvalue weighted by Gasteiger charge is -2.16. The summed E-state index contributed by atoms with van der Waals surface area (Å²) in [5.41, 5.74) is 5.14. The standard InChI is InChI=1S/C18H17F2N3O4/c19-12-7-4-8-13(20)16(12)23-15(24)10-27-17(25)14(22-18(21)26)9-11-5-2-1-3-6-11/h1-8,14H,9-10H2,(H,23,24)(H3,21,22,26)/t14-/m0/s1. The Hall–Kier alpha value is -3.49. The molecule has 0 fully saturated rings. The number of urea groups is 1. The van der Waals surface area contributed by atoms with Gasteiger partial charge in [0.1, 0.15) is 23.4 Å². The Bertz CT molecular complexity index is 810. The summed E-state index contributed by atoms with van der Waals surface area (Å²) < 4.78 is 31.8. The fourth-order valence-corrected chi connectivity index (χ4v) is 2.24. The smallest absolute Gasteiger partial charge is 0.329 e. The number of rotatable bonds is 7. The largest absolute Gasteiger partial charge is 0.454 e. The second kappa shape index (κ2) is 9.27. The van der Waals surface area contributed by atoms with Crippen LogP contribution in [-0.2, 0) is 20.7 Å². The van der Waals surface area contributed by atoms with E-state index in [0.29, 0.717) is 0 Å². The number of anilines is 1. The van der Waals surface area contributed by atoms with Crippen molar-refractivity contribution in [3.63, 3.8) is 0 Å². The van der Waals surface area contributed by atoms with E-state index in [4.69, 9.17) is 10.5 Å². The summed E-state index contributed by atoms with van der Waals surface area (Å²) in [4.78, 5) is 35.0. The summed E-state index contributed by atoms with van der Waals surface area (Å²) in [5.74, 6) is -3.79. The molecule has 4 N–H and O–H groups in total. The quantitative estimate of drug-likeness (QED) is 0.638. The van der Waals surface area contributed by atoms with Crippen molar-refractivity contribution >= 4 is 23.6 Å². The minimum atomic E-state index is -1.12. The van der Waals surface area contributed by atoms with Gasteiger partial charge in [-0.15, -0.1) is 0 Å². The number of hydrogen-bond acceptors (Lipinski definition) is 4. The van der Waals surface area contributed by atoms with Crippen molar-refractivity contribution in [3.8, 4) is 0 Å². The number of carbonyl (C=O) groups is 3. The van der Waals surface area contributed by atoms with Gasteiger partial charge in [-0.05, 0) is 17.7 Å². The van der Waals surface area contributed by atoms with Crippen LogP contribution in [-0.4, -0.2) is 30.6 Å². The van der Waals surface area contributed by atoms with E-state index in [9.17, 15) is 23.2 Å². The molecule has 27 heavy (non-hydrogen) atoms. The highest BCUT2D eigenvalue weighted by Crippen LogP contribution is 2.17. The Balaban J connectivity index is 1.96. The maximum absolute atomic E-state index is 13.5. The lowest BCUT2D eigenvalue weighted by Crippen LogP contribution is -2.46. The van der Waals surface area contributed by atoms with Gasteiger partial charge in [0.25, 0.3) is 5.91 Å². The molecule has 0 aliphatic rings. The normalized spacial score (nSPS) is 11.3. The van der Waals surface area contributed by atoms with E-state index in [-0.39, 0.29) is 6.42 Å². The first-order valence-corrected chi connectivity index (χ1v) is 7.87. The summed E-state index contributed by atoms with van der Waals surface area (Å²) in [6.45, 7) is -0.793. The van der Waals surface area contributed by atoms with E-state index >= 15 is 0 Å². The lowest BCUT2D eigenvalue weighted by atomic mass is 10.1. The molecule has 9 heteroatoms. The number of hydrogen-bond donors (Lipinski definition) is 3. The Labute approximate surface area is 153 Å². The average molecular weight is 377 g/mol. The van der Waals surface area contributed by atoms with Crippen LogP contribution in [0.3, 0.4) is 0 Å². The zero-order valence-electron chi connectivity index (χ0n) is 14.1. The minimum Gasteiger partial charge on any atom is -0.454 e. The zero-order valence-corrected chi connectivity index (χ0v) is 14.1. The number of ether oxygens (including phenoxy) is 1. The summed E-state index contributed by atoms with van der Waals surface area (Å²) in [5, 5.41) is 4.22. The number of nitrogens with one attached hydrogen (secondary N) is 2. The average Bonchev–Trinajstić information content (AvgIpc) is 2.63. The molecule has 2 aromatic rings. The summed E-state index contributed by atoms with van der Waals surface area (Å²) >= 11 is 0. The van der Waals surface area contributed by atoms with Gasteiger partial charge in [-0.3, -0.25) is 4.79 Å². The number of nitrogens with two attached hydrogens (primary N) is 1. The Morgan fingerprint density at radius 1 is 1.00 bits per heavy atom. The molecular formula is C18H17F2N3O4. The first kappa shape index (κ1) is 19.8. The molecule has 0 aromatic heterocycles. The molecule has 0 saturated carbocycles. The third kappa shape index (κ3) is 6.07. The van der Waals surface area contributed by atoms with Crippen LogP contribution in [0.15, 0.2) is 48.5 Å². The number of para-hydroxylation sites is 1. The number of primary amides is 1. The van der Waals surface area contributed by atoms with E-state index < -0.39 is 47.9 Å². The van der Waals surface area contributed by atoms with Crippen LogP contribution in [0.4, 0.5) is 19.3 Å². The lowest BCUT2D eigenvalue weighted by molar-refractivity contribution is -0.149. The van der Waals surface area contributed by atoms with Crippen molar-refractivity contribution in [3.05, 3.63) is 65.7 Å². The van der Waals surface area contributed by atoms with Gasteiger partial charge in [-0.25, -0.2) is 18.4 Å². The SMILES string of the molecule is NC(=O)N[C@@H](Cc1ccccc1)C(=O)OCC(=O)Nc1c(F)cccc1F. The van der Waals surface area contributed by atoms with Crippen molar-refractivity contribution in [2.45, 2.75) is 12.5 Å². The molecule has 0 unspecified atom stereocenters. The number of carbonyl (C=O) groups excluding carboxylic acids is 3. The van der Waals surface area contributed by atoms with Gasteiger partial charge in [0.05, 0.1) is 0 Å². The zero-order chi connectivity index (χ0) is 19.8. The Morgan fingerprint density at radius 3 is 2.22 bits per heavy atom. The van der Waals surface area contributed by atoms with Crippen molar-refractivity contribution < 1.29 is 27.9 Å². The number of amides is 3. The molecule has 3 amide bonds. The Morgan fingerprint density at radius 2 is 1.63 bits per heavy atom. The van der Waals surface area contributed by atoms with Gasteiger partial charge in [0.15, 0.2) is 6.61 Å². The highest BCUT2D eigenvalue weighted by molar-refractivity contribution is 5.93. The molecule has 7 nitrogen and oxygen atoms in total. The highest BCUT2D eigenvalue weighted by atomic mass is 19.1. The maximum Gasteiger partial charge on any atom is 0.329 e. The van der Waals surface area contributed by atoms with Crippen molar-refractivity contribution in [2.24, 2.45) is 5.73 Å². The molecule has 2 aromatic carbocycles. The van der Waals surface area contributed by atoms with Crippen LogP contribution in [0.1, 0.15) is 5.56 Å². The number of benzene rings is 2. The molecular weight excluding hydrogens is 360 g/mol. The van der Waals surface area contributed by atoms with Crippen LogP contribution in [0.2, 0.25) is 0 Å². The molecule has 0 spiro atoms. The molecule has 142 valence electrons. The number of esters is 1. The monoisotopic (exact) mass is 377 g/mol. The maximum atomic E-state index is 13.5. The fourth-order valence-electron chi connectivity index (χ4n) is 2.24. The van der Waals surface area contributed by atoms with Gasteiger partial charge >= 0.3 is 12.0 Å². The van der Waals surface area contributed by atoms with Gasteiger partial charge in [0.2, 0.25) is 0 Å². The van der Waals surface area contributed by atoms with Crippen LogP contribution in [0, 0.1) is 11.6 Å². The minimum absolute atomic E-state index is 0.0895. The topological polar surface area (TPSA) is 111 Å². The molecule has 0 heterocycles. The molecule has 0 aliphatic carbocycles. The molecule has 0 aliphatic heterocycles. The van der Waals surface area contributed by atoms with Gasteiger partial charge in [0, 0.05) is 6.42 Å². The van der Waals surface area contributed by atoms with Crippen LogP contribution < -0.4 is 16.4 Å². The first-order chi connectivity index (χ1) is 12.9. The second-order valence-corrected chi connectivity index (χ2v) is 5.50. The molecule has 0 bridgehead atoms. The first-order valence-electron chi connectivity index (χ1n) is 7.87. The summed E-state index contributed by atoms with van der Waals surface area (Å²) in [6.07, 6.45) is 0.0895. The van der Waals surface area contributed by atoms with Gasteiger partial charge < -0.3 is 21.1 Å². The fraction of sp³-hybridized carbons (Fsp3) is 0.167. The van der Waals surface area contributed by atoms with Crippen LogP contribution in [0.25, 0.3) is 0 Å². The Kier molecular flexibility index (Phi) is 6.81. The van der Waals surface area contributed by atoms with E-state index in [1.54, 1.807) is 30.3 Å². The molecule has 0 saturated heterocycles. The third-order valence-corrected chi connectivity index (χ3v) is 3.46. The molecule has 0 radical (unpaired) electrons. The van der Waals surface area contributed by atoms with E-state index in [1.165, 1.54) is 0 Å². The van der Waals surface area contributed by atoms with Crippen molar-refractivity contribution in [1.29, 1.82) is 0 Å². The second-order valence-electron chi connectivity index (χ2n) is 5.50. The van der Waals surface area contributed by atoms with E-state index in [1.807, 2.05) is 5.32 Å². The van der Waals surface area contributed by atoms with Gasteiger partial charge in [-0.1, -0.05) is 36.4 Å². The summed E-state index contributed by atoms with van der Waals surface area (Å²) in [7, 11) is 0. The van der Waals surface area contributed by atoms with Crippen LogP contribution >= 0.6 is 0 Å². The van der Waals surface area contributed by atoms with Crippen molar-refractivity contribution in [1.82, 2.24) is 5.32 Å². The number of halogens is 2. The van der Waals surface area contributed by atoms with Gasteiger partial charge in [-0.2, -0.15) is 0 Å². The van der Waals surface area contributed by atoms with E-state index in [0.717, 1.165) is 23.8 Å². The summed E-state index contributed by atoms with van der Waals surface area (Å²) in [6, 6.07) is 9.77. The third-order valence-electron chi connectivity index (χ3n) is 3.46.